The summed E-state index contributed by atoms with van der Waals surface area (Å²) in [5.41, 5.74) is 0.720. The van der Waals surface area contributed by atoms with Crippen molar-refractivity contribution in [2.24, 2.45) is 0 Å². The minimum absolute atomic E-state index is 0.0873. The predicted octanol–water partition coefficient (Wildman–Crippen LogP) is 0.896. The van der Waals surface area contributed by atoms with Crippen molar-refractivity contribution in [1.29, 1.82) is 5.26 Å². The van der Waals surface area contributed by atoms with Crippen LogP contribution < -0.4 is 10.2 Å². The number of ether oxygens (including phenoxy) is 1. The number of nitrogens with one attached hydrogen (secondary N) is 1. The molecule has 0 aliphatic heterocycles. The van der Waals surface area contributed by atoms with E-state index < -0.39 is 5.82 Å². The Hall–Kier alpha value is -2.13. The first-order chi connectivity index (χ1) is 9.08. The Labute approximate surface area is 111 Å². The largest absolute Gasteiger partial charge is 0.383 e. The topological polar surface area (TPSA) is 65.4 Å². The van der Waals surface area contributed by atoms with Crippen LogP contribution in [0.4, 0.5) is 10.1 Å². The van der Waals surface area contributed by atoms with Crippen LogP contribution in [0.15, 0.2) is 18.2 Å². The van der Waals surface area contributed by atoms with Crippen LogP contribution in [0.1, 0.15) is 5.56 Å². The Morgan fingerprint density at radius 3 is 2.95 bits per heavy atom. The van der Waals surface area contributed by atoms with Crippen LogP contribution in [0.5, 0.6) is 0 Å². The van der Waals surface area contributed by atoms with Crippen LogP contribution in [-0.4, -0.2) is 39.8 Å². The first-order valence-corrected chi connectivity index (χ1v) is 5.75. The lowest BCUT2D eigenvalue weighted by Gasteiger charge is -2.19. The van der Waals surface area contributed by atoms with Crippen molar-refractivity contribution < 1.29 is 13.9 Å². The molecule has 0 saturated heterocycles. The van der Waals surface area contributed by atoms with E-state index in [2.05, 4.69) is 5.32 Å². The Kier molecular flexibility index (Phi) is 5.76. The van der Waals surface area contributed by atoms with Gasteiger partial charge in [-0.05, 0) is 18.2 Å². The van der Waals surface area contributed by atoms with Crippen LogP contribution in [-0.2, 0) is 9.53 Å². The van der Waals surface area contributed by atoms with Gasteiger partial charge in [0.05, 0.1) is 24.4 Å². The molecule has 0 saturated carbocycles. The maximum Gasteiger partial charge on any atom is 0.239 e. The third-order valence-corrected chi connectivity index (χ3v) is 2.50. The second kappa shape index (κ2) is 7.34. The normalized spacial score (nSPS) is 9.79. The molecule has 0 unspecified atom stereocenters. The highest BCUT2D eigenvalue weighted by Gasteiger charge is 2.11. The molecule has 0 aliphatic rings. The highest BCUT2D eigenvalue weighted by Crippen LogP contribution is 2.19. The lowest BCUT2D eigenvalue weighted by Crippen LogP contribution is -2.36. The van der Waals surface area contributed by atoms with Crippen LogP contribution in [0.2, 0.25) is 0 Å². The van der Waals surface area contributed by atoms with Gasteiger partial charge < -0.3 is 15.0 Å². The van der Waals surface area contributed by atoms with E-state index in [-0.39, 0.29) is 18.0 Å². The molecule has 0 fully saturated rings. The second-order valence-corrected chi connectivity index (χ2v) is 3.97. The number of likely N-dealkylation sites (N-methyl/N-ethyl adjacent to an activating group) is 1. The van der Waals surface area contributed by atoms with Gasteiger partial charge in [0.15, 0.2) is 0 Å². The summed E-state index contributed by atoms with van der Waals surface area (Å²) < 4.78 is 17.8. The van der Waals surface area contributed by atoms with Gasteiger partial charge in [-0.15, -0.1) is 0 Å². The number of hydrogen-bond acceptors (Lipinski definition) is 4. The monoisotopic (exact) mass is 265 g/mol. The minimum Gasteiger partial charge on any atom is -0.383 e. The Balaban J connectivity index is 2.65. The van der Waals surface area contributed by atoms with Gasteiger partial charge in [0.2, 0.25) is 5.91 Å². The molecule has 0 heterocycles. The molecule has 1 rings (SSSR count). The Bertz CT molecular complexity index is 485. The standard InChI is InChI=1S/C13H16FN3O2/c1-17(9-13(18)16-5-6-19-2)12-4-3-11(14)7-10(12)8-15/h3-4,7H,5-6,9H2,1-2H3,(H,16,18). The van der Waals surface area contributed by atoms with Gasteiger partial charge in [0.25, 0.3) is 0 Å². The lowest BCUT2D eigenvalue weighted by molar-refractivity contribution is -0.119. The number of carbonyl (C=O) groups excluding carboxylic acids is 1. The zero-order chi connectivity index (χ0) is 14.3. The predicted molar refractivity (Wildman–Crippen MR) is 69.3 cm³/mol. The minimum atomic E-state index is -0.474. The van der Waals surface area contributed by atoms with Crippen LogP contribution in [0, 0.1) is 17.1 Å². The van der Waals surface area contributed by atoms with Crippen LogP contribution in [0.25, 0.3) is 0 Å². The zero-order valence-corrected chi connectivity index (χ0v) is 10.9. The fourth-order valence-corrected chi connectivity index (χ4v) is 1.58. The molecular formula is C13H16FN3O2. The van der Waals surface area contributed by atoms with Crippen molar-refractivity contribution >= 4 is 11.6 Å². The van der Waals surface area contributed by atoms with Gasteiger partial charge in [-0.1, -0.05) is 0 Å². The molecule has 5 nitrogen and oxygen atoms in total. The molecule has 0 radical (unpaired) electrons. The third kappa shape index (κ3) is 4.56. The number of nitriles is 1. The molecule has 0 bridgehead atoms. The highest BCUT2D eigenvalue weighted by molar-refractivity contribution is 5.81. The summed E-state index contributed by atoms with van der Waals surface area (Å²) in [7, 11) is 3.22. The number of amides is 1. The van der Waals surface area contributed by atoms with Gasteiger partial charge in [-0.3, -0.25) is 4.79 Å². The maximum absolute atomic E-state index is 13.0. The average molecular weight is 265 g/mol. The molecule has 1 N–H and O–H groups in total. The summed E-state index contributed by atoms with van der Waals surface area (Å²) in [4.78, 5) is 13.2. The molecule has 1 aromatic carbocycles. The van der Waals surface area contributed by atoms with E-state index in [1.165, 1.54) is 12.1 Å². The smallest absolute Gasteiger partial charge is 0.239 e. The number of halogens is 1. The van der Waals surface area contributed by atoms with Crippen LogP contribution in [0.3, 0.4) is 0 Å². The molecule has 0 spiro atoms. The number of anilines is 1. The highest BCUT2D eigenvalue weighted by atomic mass is 19.1. The summed E-state index contributed by atoms with van der Waals surface area (Å²) >= 11 is 0. The molecule has 0 aliphatic carbocycles. The summed E-state index contributed by atoms with van der Waals surface area (Å²) in [6.45, 7) is 0.956. The summed E-state index contributed by atoms with van der Waals surface area (Å²) in [6.07, 6.45) is 0. The second-order valence-electron chi connectivity index (χ2n) is 3.97. The molecule has 0 aromatic heterocycles. The molecule has 1 aromatic rings. The Morgan fingerprint density at radius 1 is 1.58 bits per heavy atom. The number of benzene rings is 1. The van der Waals surface area contributed by atoms with E-state index in [1.54, 1.807) is 19.1 Å². The molecule has 19 heavy (non-hydrogen) atoms. The number of carbonyl (C=O) groups is 1. The van der Waals surface area contributed by atoms with Crippen molar-refractivity contribution in [1.82, 2.24) is 5.32 Å². The number of hydrogen-bond donors (Lipinski definition) is 1. The summed E-state index contributed by atoms with van der Waals surface area (Å²) in [6, 6.07) is 5.80. The van der Waals surface area contributed by atoms with Crippen molar-refractivity contribution in [2.75, 3.05) is 38.8 Å². The number of nitrogens with zero attached hydrogens (tertiary/aromatic N) is 2. The molecule has 0 atom stereocenters. The molecule has 6 heteroatoms. The number of rotatable bonds is 6. The first kappa shape index (κ1) is 14.9. The third-order valence-electron chi connectivity index (χ3n) is 2.50. The van der Waals surface area contributed by atoms with E-state index in [9.17, 15) is 9.18 Å². The van der Waals surface area contributed by atoms with Crippen LogP contribution >= 0.6 is 0 Å². The maximum atomic E-state index is 13.0. The molecule has 1 amide bonds. The van der Waals surface area contributed by atoms with E-state index in [1.807, 2.05) is 6.07 Å². The Morgan fingerprint density at radius 2 is 2.32 bits per heavy atom. The van der Waals surface area contributed by atoms with Crippen molar-refractivity contribution in [3.63, 3.8) is 0 Å². The summed E-state index contributed by atoms with van der Waals surface area (Å²) in [5.74, 6) is -0.661. The zero-order valence-electron chi connectivity index (χ0n) is 10.9. The van der Waals surface area contributed by atoms with E-state index in [0.717, 1.165) is 6.07 Å². The van der Waals surface area contributed by atoms with Gasteiger partial charge in [-0.25, -0.2) is 4.39 Å². The lowest BCUT2D eigenvalue weighted by atomic mass is 10.1. The fourth-order valence-electron chi connectivity index (χ4n) is 1.58. The molecule has 102 valence electrons. The molecular weight excluding hydrogens is 249 g/mol. The first-order valence-electron chi connectivity index (χ1n) is 5.75. The van der Waals surface area contributed by atoms with E-state index in [0.29, 0.717) is 18.8 Å². The SMILES string of the molecule is COCCNC(=O)CN(C)c1ccc(F)cc1C#N. The average Bonchev–Trinajstić information content (AvgIpc) is 2.38. The van der Waals surface area contributed by atoms with Crippen molar-refractivity contribution in [2.45, 2.75) is 0 Å². The summed E-state index contributed by atoms with van der Waals surface area (Å²) in [5, 5.41) is 11.6. The van der Waals surface area contributed by atoms with E-state index in [4.69, 9.17) is 10.00 Å². The van der Waals surface area contributed by atoms with Gasteiger partial charge in [0, 0.05) is 20.7 Å². The fraction of sp³-hybridized carbons (Fsp3) is 0.385. The van der Waals surface area contributed by atoms with Crippen molar-refractivity contribution in [3.05, 3.63) is 29.6 Å². The van der Waals surface area contributed by atoms with Gasteiger partial charge in [0.1, 0.15) is 11.9 Å². The van der Waals surface area contributed by atoms with Gasteiger partial charge >= 0.3 is 0 Å². The quantitative estimate of drug-likeness (QED) is 0.776. The van der Waals surface area contributed by atoms with Gasteiger partial charge in [-0.2, -0.15) is 5.26 Å². The number of methoxy groups -OCH3 is 1. The van der Waals surface area contributed by atoms with E-state index >= 15 is 0 Å². The van der Waals surface area contributed by atoms with Crippen molar-refractivity contribution in [3.8, 4) is 6.07 Å².